The van der Waals surface area contributed by atoms with Crippen molar-refractivity contribution in [2.45, 2.75) is 58.5 Å². The Balaban J connectivity index is 1.35. The van der Waals surface area contributed by atoms with Crippen molar-refractivity contribution >= 4 is 11.5 Å². The number of quaternary nitrogens is 1. The van der Waals surface area contributed by atoms with E-state index < -0.39 is 0 Å². The topological polar surface area (TPSA) is 49.0 Å². The van der Waals surface area contributed by atoms with Crippen LogP contribution in [0, 0.1) is 6.92 Å². The summed E-state index contributed by atoms with van der Waals surface area (Å²) >= 11 is 0. The summed E-state index contributed by atoms with van der Waals surface area (Å²) in [6.07, 6.45) is 9.97. The van der Waals surface area contributed by atoms with E-state index in [9.17, 15) is 4.79 Å². The summed E-state index contributed by atoms with van der Waals surface area (Å²) in [6.45, 7) is 5.04. The van der Waals surface area contributed by atoms with E-state index in [4.69, 9.17) is 0 Å². The third kappa shape index (κ3) is 3.56. The maximum absolute atomic E-state index is 13.1. The summed E-state index contributed by atoms with van der Waals surface area (Å²) in [5.74, 6) is 0.241. The number of carbonyl (C=O) groups is 1. The van der Waals surface area contributed by atoms with Crippen molar-refractivity contribution in [2.75, 3.05) is 0 Å². The van der Waals surface area contributed by atoms with Crippen molar-refractivity contribution in [3.63, 3.8) is 0 Å². The van der Waals surface area contributed by atoms with Gasteiger partial charge in [0.05, 0.1) is 5.70 Å². The SMILES string of the molecule is CC1=CC(c2ccc(Cc3cc4c(cc3C)CN(C3CCCC3)C4=O)cc2)=C[NH2+]N1. The van der Waals surface area contributed by atoms with Crippen molar-refractivity contribution in [3.05, 3.63) is 87.8 Å². The maximum atomic E-state index is 13.1. The molecule has 0 saturated heterocycles. The highest BCUT2D eigenvalue weighted by Gasteiger charge is 2.34. The van der Waals surface area contributed by atoms with Crippen LogP contribution in [0.5, 0.6) is 0 Å². The van der Waals surface area contributed by atoms with Gasteiger partial charge in [0.2, 0.25) is 0 Å². The first-order chi connectivity index (χ1) is 14.6. The third-order valence-corrected chi connectivity index (χ3v) is 6.79. The monoisotopic (exact) mass is 400 g/mol. The maximum Gasteiger partial charge on any atom is 0.254 e. The highest BCUT2D eigenvalue weighted by molar-refractivity contribution is 5.99. The van der Waals surface area contributed by atoms with Crippen LogP contribution in [-0.2, 0) is 13.0 Å². The van der Waals surface area contributed by atoms with Gasteiger partial charge < -0.3 is 4.90 Å². The molecule has 3 N–H and O–H groups in total. The normalized spacial score (nSPS) is 18.9. The van der Waals surface area contributed by atoms with Crippen LogP contribution in [0.4, 0.5) is 0 Å². The van der Waals surface area contributed by atoms with E-state index in [-0.39, 0.29) is 5.91 Å². The second kappa shape index (κ2) is 7.77. The first kappa shape index (κ1) is 19.1. The largest absolute Gasteiger partial charge is 0.331 e. The first-order valence-corrected chi connectivity index (χ1v) is 11.1. The number of hydrogen-bond donors (Lipinski definition) is 2. The van der Waals surface area contributed by atoms with Gasteiger partial charge in [0.25, 0.3) is 5.91 Å². The lowest BCUT2D eigenvalue weighted by molar-refractivity contribution is -0.641. The van der Waals surface area contributed by atoms with E-state index in [1.165, 1.54) is 46.2 Å². The Labute approximate surface area is 178 Å². The van der Waals surface area contributed by atoms with E-state index >= 15 is 0 Å². The lowest BCUT2D eigenvalue weighted by Crippen LogP contribution is -2.88. The minimum absolute atomic E-state index is 0.241. The van der Waals surface area contributed by atoms with Gasteiger partial charge in [0, 0.05) is 23.7 Å². The fraction of sp³-hybridized carbons (Fsp3) is 0.346. The fourth-order valence-electron chi connectivity index (χ4n) is 5.05. The molecule has 0 radical (unpaired) electrons. The first-order valence-electron chi connectivity index (χ1n) is 11.1. The number of benzene rings is 2. The molecule has 2 aromatic carbocycles. The van der Waals surface area contributed by atoms with Crippen molar-refractivity contribution in [3.8, 4) is 0 Å². The summed E-state index contributed by atoms with van der Waals surface area (Å²) in [5, 5.41) is 0. The summed E-state index contributed by atoms with van der Waals surface area (Å²) < 4.78 is 0. The Morgan fingerprint density at radius 3 is 2.60 bits per heavy atom. The van der Waals surface area contributed by atoms with Gasteiger partial charge in [0.15, 0.2) is 0 Å². The van der Waals surface area contributed by atoms with Crippen LogP contribution in [0.15, 0.2) is 54.4 Å². The lowest BCUT2D eigenvalue weighted by Gasteiger charge is -2.23. The number of rotatable bonds is 4. The van der Waals surface area contributed by atoms with Gasteiger partial charge in [0.1, 0.15) is 6.20 Å². The van der Waals surface area contributed by atoms with Gasteiger partial charge in [-0.15, -0.1) is 0 Å². The van der Waals surface area contributed by atoms with Gasteiger partial charge in [-0.05, 0) is 73.1 Å². The Morgan fingerprint density at radius 2 is 1.87 bits per heavy atom. The highest BCUT2D eigenvalue weighted by Crippen LogP contribution is 2.33. The van der Waals surface area contributed by atoms with Crippen molar-refractivity contribution in [1.29, 1.82) is 0 Å². The smallest absolute Gasteiger partial charge is 0.254 e. The zero-order valence-corrected chi connectivity index (χ0v) is 17.9. The number of carbonyl (C=O) groups excluding carboxylic acids is 1. The Hall–Kier alpha value is -2.85. The molecule has 1 amide bonds. The van der Waals surface area contributed by atoms with Gasteiger partial charge in [-0.1, -0.05) is 43.2 Å². The molecule has 4 nitrogen and oxygen atoms in total. The van der Waals surface area contributed by atoms with E-state index in [1.54, 1.807) is 0 Å². The Kier molecular flexibility index (Phi) is 4.95. The zero-order chi connectivity index (χ0) is 20.7. The molecule has 0 unspecified atom stereocenters. The molecule has 0 spiro atoms. The molecular formula is C26H30N3O+. The summed E-state index contributed by atoms with van der Waals surface area (Å²) in [6, 6.07) is 13.7. The van der Waals surface area contributed by atoms with E-state index in [0.717, 1.165) is 37.1 Å². The van der Waals surface area contributed by atoms with E-state index in [1.807, 2.05) is 5.43 Å². The van der Waals surface area contributed by atoms with Crippen LogP contribution in [0.3, 0.4) is 0 Å². The molecule has 4 heteroatoms. The van der Waals surface area contributed by atoms with Crippen LogP contribution >= 0.6 is 0 Å². The van der Waals surface area contributed by atoms with Gasteiger partial charge in [-0.2, -0.15) is 0 Å². The molecular weight excluding hydrogens is 370 g/mol. The zero-order valence-electron chi connectivity index (χ0n) is 17.9. The van der Waals surface area contributed by atoms with Gasteiger partial charge in [-0.3, -0.25) is 4.79 Å². The minimum Gasteiger partial charge on any atom is -0.331 e. The van der Waals surface area contributed by atoms with Crippen LogP contribution in [0.1, 0.15) is 70.8 Å². The molecule has 2 aliphatic heterocycles. The second-order valence-corrected chi connectivity index (χ2v) is 8.94. The van der Waals surface area contributed by atoms with Crippen molar-refractivity contribution < 1.29 is 10.2 Å². The number of aryl methyl sites for hydroxylation is 1. The third-order valence-electron chi connectivity index (χ3n) is 6.79. The molecule has 2 aromatic rings. The molecule has 0 bridgehead atoms. The van der Waals surface area contributed by atoms with Crippen LogP contribution < -0.4 is 10.9 Å². The number of nitrogens with zero attached hydrogens (tertiary/aromatic N) is 1. The fourth-order valence-corrected chi connectivity index (χ4v) is 5.05. The van der Waals surface area contributed by atoms with Crippen LogP contribution in [-0.4, -0.2) is 16.8 Å². The number of amides is 1. The molecule has 2 heterocycles. The Morgan fingerprint density at radius 1 is 1.10 bits per heavy atom. The van der Waals surface area contributed by atoms with Crippen LogP contribution in [0.2, 0.25) is 0 Å². The molecule has 1 aliphatic carbocycles. The molecule has 154 valence electrons. The molecule has 1 saturated carbocycles. The molecule has 0 aromatic heterocycles. The number of hydrogen-bond acceptors (Lipinski definition) is 2. The number of nitrogens with one attached hydrogen (secondary N) is 1. The quantitative estimate of drug-likeness (QED) is 0.767. The average Bonchev–Trinajstić information content (AvgIpc) is 3.38. The lowest BCUT2D eigenvalue weighted by atomic mass is 9.94. The van der Waals surface area contributed by atoms with Gasteiger partial charge in [-0.25, -0.2) is 10.9 Å². The molecule has 30 heavy (non-hydrogen) atoms. The molecule has 5 rings (SSSR count). The predicted octanol–water partition coefficient (Wildman–Crippen LogP) is 3.81. The number of fused-ring (bicyclic) bond motifs is 1. The number of nitrogens with two attached hydrogens (primary N) is 1. The minimum atomic E-state index is 0.241. The van der Waals surface area contributed by atoms with Crippen molar-refractivity contribution in [1.82, 2.24) is 10.3 Å². The standard InChI is InChI=1S/C26H29N3O/c1-17-11-23-16-29(24-5-3-4-6-24)26(30)25(23)14-21(17)13-19-7-9-20(10-8-19)22-12-18(2)28-27-15-22/h7-12,14-15,24,27-28H,3-6,13,16H2,1-2H3/p+1. The Bertz CT molecular complexity index is 1040. The van der Waals surface area contributed by atoms with E-state index in [0.29, 0.717) is 6.04 Å². The van der Waals surface area contributed by atoms with Gasteiger partial charge >= 0.3 is 0 Å². The molecule has 1 fully saturated rings. The van der Waals surface area contributed by atoms with Crippen LogP contribution in [0.25, 0.3) is 5.57 Å². The second-order valence-electron chi connectivity index (χ2n) is 8.94. The predicted molar refractivity (Wildman–Crippen MR) is 119 cm³/mol. The van der Waals surface area contributed by atoms with Crippen molar-refractivity contribution in [2.24, 2.45) is 0 Å². The summed E-state index contributed by atoms with van der Waals surface area (Å²) in [5.41, 5.74) is 14.8. The summed E-state index contributed by atoms with van der Waals surface area (Å²) in [4.78, 5) is 15.2. The highest BCUT2D eigenvalue weighted by atomic mass is 16.2. The molecule has 0 atom stereocenters. The summed E-state index contributed by atoms with van der Waals surface area (Å²) in [7, 11) is 0. The van der Waals surface area contributed by atoms with E-state index in [2.05, 4.69) is 72.8 Å². The number of allylic oxidation sites excluding steroid dienone is 3. The molecule has 3 aliphatic rings. The average molecular weight is 401 g/mol.